The van der Waals surface area contributed by atoms with Gasteiger partial charge in [-0.1, -0.05) is 103 Å². The number of rotatable bonds is 14. The molecule has 2 amide bonds. The average Bonchev–Trinajstić information content (AvgIpc) is 3.53. The minimum absolute atomic E-state index is 0.00297. The molecule has 0 saturated carbocycles. The molecule has 1 aromatic heterocycles. The van der Waals surface area contributed by atoms with Crippen molar-refractivity contribution in [3.8, 4) is 0 Å². The van der Waals surface area contributed by atoms with Gasteiger partial charge in [0.2, 0.25) is 5.60 Å². The van der Waals surface area contributed by atoms with Crippen LogP contribution in [-0.4, -0.2) is 69.6 Å². The summed E-state index contributed by atoms with van der Waals surface area (Å²) in [6, 6.07) is 21.8. The van der Waals surface area contributed by atoms with Crippen LogP contribution in [0, 0.1) is 5.92 Å². The van der Waals surface area contributed by atoms with Gasteiger partial charge in [-0.15, -0.1) is 0 Å². The number of amides is 2. The zero-order valence-corrected chi connectivity index (χ0v) is 29.1. The van der Waals surface area contributed by atoms with Crippen molar-refractivity contribution in [2.45, 2.75) is 50.8 Å². The van der Waals surface area contributed by atoms with Crippen LogP contribution in [-0.2, 0) is 30.4 Å². The van der Waals surface area contributed by atoms with E-state index in [0.29, 0.717) is 16.8 Å². The minimum atomic E-state index is -1.73. The summed E-state index contributed by atoms with van der Waals surface area (Å²) in [6.07, 6.45) is -0.921. The molecule has 3 aromatic carbocycles. The maximum Gasteiger partial charge on any atom is 0.341 e. The van der Waals surface area contributed by atoms with E-state index in [0.717, 1.165) is 5.39 Å². The predicted molar refractivity (Wildman–Crippen MR) is 190 cm³/mol. The Kier molecular flexibility index (Phi) is 11.7. The molecule has 3 atom stereocenters. The van der Waals surface area contributed by atoms with Gasteiger partial charge in [0.15, 0.2) is 12.4 Å². The number of aliphatic carboxylic acids is 1. The van der Waals surface area contributed by atoms with E-state index in [9.17, 15) is 29.1 Å². The molecule has 12 nitrogen and oxygen atoms in total. The summed E-state index contributed by atoms with van der Waals surface area (Å²) in [5.41, 5.74) is 0.00714. The van der Waals surface area contributed by atoms with Crippen LogP contribution in [0.5, 0.6) is 0 Å². The lowest BCUT2D eigenvalue weighted by Crippen LogP contribution is -2.55. The zero-order chi connectivity index (χ0) is 36.7. The SMILES string of the molecule is CC(C)[C@H](NC(=O)c1ccc2ccccc2n1)C1=NOC(Cc2ccccc2)(C(=O)N[C@@H](CC(=O)O)C(=O)COC(=O)c2c(Cl)cccc2Cl)C1. The number of carboxylic acid groups (broad SMARTS) is 1. The highest BCUT2D eigenvalue weighted by Gasteiger charge is 2.49. The number of hydrogen-bond donors (Lipinski definition) is 3. The number of esters is 1. The number of nitrogens with one attached hydrogen (secondary N) is 2. The van der Waals surface area contributed by atoms with Gasteiger partial charge in [-0.3, -0.25) is 19.2 Å². The second-order valence-electron chi connectivity index (χ2n) is 12.4. The first-order valence-electron chi connectivity index (χ1n) is 16.0. The molecule has 1 aliphatic rings. The second kappa shape index (κ2) is 16.1. The van der Waals surface area contributed by atoms with Gasteiger partial charge in [0.05, 0.1) is 39.3 Å². The third-order valence-electron chi connectivity index (χ3n) is 8.28. The molecule has 5 rings (SSSR count). The quantitative estimate of drug-likeness (QED) is 0.143. The van der Waals surface area contributed by atoms with Crippen molar-refractivity contribution in [3.63, 3.8) is 0 Å². The van der Waals surface area contributed by atoms with Gasteiger partial charge in [-0.25, -0.2) is 9.78 Å². The first kappa shape index (κ1) is 36.9. The van der Waals surface area contributed by atoms with Gasteiger partial charge in [0.25, 0.3) is 11.8 Å². The molecule has 4 aromatic rings. The number of oxime groups is 1. The van der Waals surface area contributed by atoms with E-state index >= 15 is 0 Å². The van der Waals surface area contributed by atoms with E-state index in [1.54, 1.807) is 48.5 Å². The molecule has 0 saturated heterocycles. The number of carboxylic acids is 1. The molecule has 2 heterocycles. The van der Waals surface area contributed by atoms with E-state index in [1.807, 2.05) is 32.0 Å². The van der Waals surface area contributed by atoms with Crippen LogP contribution < -0.4 is 10.6 Å². The molecule has 264 valence electrons. The molecule has 0 aliphatic carbocycles. The Morgan fingerprint density at radius 2 is 1.59 bits per heavy atom. The van der Waals surface area contributed by atoms with Crippen molar-refractivity contribution in [2.75, 3.05) is 6.61 Å². The van der Waals surface area contributed by atoms with Crippen LogP contribution in [0.25, 0.3) is 10.9 Å². The Morgan fingerprint density at radius 3 is 2.27 bits per heavy atom. The van der Waals surface area contributed by atoms with Crippen molar-refractivity contribution < 1.29 is 38.7 Å². The molecule has 3 N–H and O–H groups in total. The fourth-order valence-electron chi connectivity index (χ4n) is 5.65. The highest BCUT2D eigenvalue weighted by molar-refractivity contribution is 6.39. The van der Waals surface area contributed by atoms with Crippen molar-refractivity contribution in [3.05, 3.63) is 112 Å². The van der Waals surface area contributed by atoms with Crippen molar-refractivity contribution in [1.82, 2.24) is 15.6 Å². The molecule has 14 heteroatoms. The molecule has 0 bridgehead atoms. The van der Waals surface area contributed by atoms with Crippen LogP contribution in [0.3, 0.4) is 0 Å². The number of fused-ring (bicyclic) bond motifs is 1. The number of carbonyl (C=O) groups is 5. The summed E-state index contributed by atoms with van der Waals surface area (Å²) in [5.74, 6) is -4.76. The average molecular weight is 734 g/mol. The Balaban J connectivity index is 1.35. The fraction of sp³-hybridized carbons (Fsp3) is 0.270. The molecule has 0 radical (unpaired) electrons. The number of ether oxygens (including phenoxy) is 1. The van der Waals surface area contributed by atoms with Gasteiger partial charge in [0.1, 0.15) is 11.7 Å². The molecular weight excluding hydrogens is 699 g/mol. The van der Waals surface area contributed by atoms with Crippen molar-refractivity contribution in [1.29, 1.82) is 0 Å². The van der Waals surface area contributed by atoms with Crippen LogP contribution >= 0.6 is 23.2 Å². The van der Waals surface area contributed by atoms with Crippen LogP contribution in [0.15, 0.2) is 90.1 Å². The van der Waals surface area contributed by atoms with Crippen LogP contribution in [0.2, 0.25) is 10.0 Å². The highest BCUT2D eigenvalue weighted by atomic mass is 35.5. The van der Waals surface area contributed by atoms with Gasteiger partial charge >= 0.3 is 11.9 Å². The number of hydrogen-bond acceptors (Lipinski definition) is 9. The number of nitrogens with zero attached hydrogens (tertiary/aromatic N) is 2. The normalized spacial score (nSPS) is 16.5. The molecule has 0 fully saturated rings. The lowest BCUT2D eigenvalue weighted by Gasteiger charge is -2.29. The smallest absolute Gasteiger partial charge is 0.341 e. The van der Waals surface area contributed by atoms with Crippen molar-refractivity contribution >= 4 is 69.4 Å². The van der Waals surface area contributed by atoms with E-state index in [4.69, 9.17) is 32.8 Å². The van der Waals surface area contributed by atoms with Gasteiger partial charge in [-0.05, 0) is 35.7 Å². The topological polar surface area (TPSA) is 173 Å². The number of benzene rings is 3. The summed E-state index contributed by atoms with van der Waals surface area (Å²) in [7, 11) is 0. The van der Waals surface area contributed by atoms with E-state index < -0.39 is 60.2 Å². The van der Waals surface area contributed by atoms with Gasteiger partial charge < -0.3 is 25.3 Å². The lowest BCUT2D eigenvalue weighted by molar-refractivity contribution is -0.148. The van der Waals surface area contributed by atoms with E-state index in [-0.39, 0.29) is 40.1 Å². The van der Waals surface area contributed by atoms with Crippen LogP contribution in [0.4, 0.5) is 0 Å². The molecule has 1 aliphatic heterocycles. The summed E-state index contributed by atoms with van der Waals surface area (Å²) in [6.45, 7) is 2.87. The first-order valence-corrected chi connectivity index (χ1v) is 16.7. The Bertz CT molecular complexity index is 1980. The summed E-state index contributed by atoms with van der Waals surface area (Å²) in [5, 5.41) is 20.2. The Hall–Kier alpha value is -5.33. The largest absolute Gasteiger partial charge is 0.481 e. The Labute approximate surface area is 303 Å². The van der Waals surface area contributed by atoms with Gasteiger partial charge in [-0.2, -0.15) is 0 Å². The number of carbonyl (C=O) groups excluding carboxylic acids is 4. The van der Waals surface area contributed by atoms with E-state index in [2.05, 4.69) is 20.8 Å². The number of aromatic nitrogens is 1. The first-order chi connectivity index (χ1) is 24.4. The van der Waals surface area contributed by atoms with Gasteiger partial charge in [0, 0.05) is 18.2 Å². The number of para-hydroxylation sites is 1. The van der Waals surface area contributed by atoms with Crippen LogP contribution in [0.1, 0.15) is 53.1 Å². The Morgan fingerprint density at radius 1 is 0.902 bits per heavy atom. The fourth-order valence-corrected chi connectivity index (χ4v) is 6.20. The molecule has 1 unspecified atom stereocenters. The molecule has 51 heavy (non-hydrogen) atoms. The number of Topliss-reactive ketones (excluding diaryl/α,β-unsaturated/α-hetero) is 1. The monoisotopic (exact) mass is 732 g/mol. The number of ketones is 1. The standard InChI is InChI=1S/C37H34Cl2N4O8/c1-21(2)33(42-34(47)27-16-15-23-11-6-7-14-26(23)40-27)29-19-37(51-43-29,18-22-9-4-3-5-10-22)36(49)41-28(17-31(45)46)30(44)20-50-35(48)32-24(38)12-8-13-25(32)39/h3-16,21,28,33H,17-20H2,1-2H3,(H,41,49)(H,42,47)(H,45,46)/t28-,33-,37?/m0/s1. The highest BCUT2D eigenvalue weighted by Crippen LogP contribution is 2.32. The second-order valence-corrected chi connectivity index (χ2v) is 13.2. The third-order valence-corrected chi connectivity index (χ3v) is 8.91. The van der Waals surface area contributed by atoms with Crippen molar-refractivity contribution in [2.24, 2.45) is 11.1 Å². The minimum Gasteiger partial charge on any atom is -0.481 e. The number of halogens is 2. The zero-order valence-electron chi connectivity index (χ0n) is 27.6. The predicted octanol–water partition coefficient (Wildman–Crippen LogP) is 5.44. The van der Waals surface area contributed by atoms with E-state index in [1.165, 1.54) is 18.2 Å². The molecular formula is C37H34Cl2N4O8. The summed E-state index contributed by atoms with van der Waals surface area (Å²) >= 11 is 12.1. The summed E-state index contributed by atoms with van der Waals surface area (Å²) < 4.78 is 5.11. The third kappa shape index (κ3) is 8.89. The lowest BCUT2D eigenvalue weighted by atomic mass is 9.84. The maximum atomic E-state index is 14.1. The number of pyridine rings is 1. The molecule has 0 spiro atoms. The summed E-state index contributed by atoms with van der Waals surface area (Å²) in [4.78, 5) is 75.7. The maximum absolute atomic E-state index is 14.1.